The molecular formula is C44H44Cl2N10O8S2. The van der Waals surface area contributed by atoms with E-state index in [0.717, 1.165) is 45.2 Å². The molecule has 66 heavy (non-hydrogen) atoms. The number of aryl methyl sites for hydroxylation is 2. The van der Waals surface area contributed by atoms with Crippen molar-refractivity contribution in [3.05, 3.63) is 90.2 Å². The number of amidine groups is 2. The third-order valence-corrected chi connectivity index (χ3v) is 13.5. The molecule has 4 amide bonds. The molecule has 4 N–H and O–H groups in total. The van der Waals surface area contributed by atoms with E-state index in [-0.39, 0.29) is 50.1 Å². The van der Waals surface area contributed by atoms with Crippen molar-refractivity contribution in [3.63, 3.8) is 0 Å². The summed E-state index contributed by atoms with van der Waals surface area (Å²) in [5.41, 5.74) is 2.40. The van der Waals surface area contributed by atoms with Crippen LogP contribution < -0.4 is 31.1 Å². The molecule has 4 fully saturated rings. The average Bonchev–Trinajstić information content (AvgIpc) is 4.15. The van der Waals surface area contributed by atoms with Crippen LogP contribution in [0.5, 0.6) is 0 Å². The number of nitrogens with one attached hydrogen (secondary N) is 4. The highest BCUT2D eigenvalue weighted by Crippen LogP contribution is 2.31. The van der Waals surface area contributed by atoms with Gasteiger partial charge in [-0.05, 0) is 85.6 Å². The number of nitrogens with zero attached hydrogens (tertiary/aromatic N) is 6. The molecule has 4 aliphatic rings. The number of amides is 4. The van der Waals surface area contributed by atoms with Crippen LogP contribution in [-0.2, 0) is 28.5 Å². The van der Waals surface area contributed by atoms with Crippen molar-refractivity contribution in [2.75, 3.05) is 86.4 Å². The first-order chi connectivity index (χ1) is 31.8. The Balaban J connectivity index is 0.000000196. The van der Waals surface area contributed by atoms with Gasteiger partial charge in [0.1, 0.15) is 36.0 Å². The van der Waals surface area contributed by atoms with Gasteiger partial charge in [-0.2, -0.15) is 20.5 Å². The number of carbonyl (C=O) groups is 4. The van der Waals surface area contributed by atoms with E-state index in [4.69, 9.17) is 52.7 Å². The normalized spacial score (nSPS) is 21.6. The van der Waals surface area contributed by atoms with Crippen LogP contribution in [0.2, 0.25) is 8.67 Å². The van der Waals surface area contributed by atoms with Gasteiger partial charge in [0.25, 0.3) is 23.6 Å². The van der Waals surface area contributed by atoms with Crippen molar-refractivity contribution < 1.29 is 38.1 Å². The number of aliphatic imine (C=N–C) groups is 2. The number of morpholine rings is 2. The number of thiophene rings is 2. The van der Waals surface area contributed by atoms with Gasteiger partial charge in [-0.15, -0.1) is 22.7 Å². The first-order valence-electron chi connectivity index (χ1n) is 20.6. The molecular weight excluding hydrogens is 932 g/mol. The smallest absolute Gasteiger partial charge is 0.262 e. The standard InChI is InChI=1S/2C22H22ClN5O4S/c2*1-14-10-15(2-3-16(14)28-7-9-31-11-19(28)25-13-24)26-21(30)22(6-8-32-12-22)27-20(29)17-4-5-18(23)33-17/h2*2-5,10H,6-9,11-12H2,1H3,(H,26,30)(H,27,29)/t2*22-/m10/s1. The molecule has 4 saturated heterocycles. The third-order valence-electron chi connectivity index (χ3n) is 11.1. The number of ether oxygens (including phenoxy) is 4. The molecule has 0 unspecified atom stereocenters. The Hall–Kier alpha value is -5.94. The van der Waals surface area contributed by atoms with Gasteiger partial charge in [0.15, 0.2) is 0 Å². The van der Waals surface area contributed by atoms with Gasteiger partial charge >= 0.3 is 0 Å². The lowest BCUT2D eigenvalue weighted by atomic mass is 9.96. The van der Waals surface area contributed by atoms with Crippen LogP contribution in [-0.4, -0.2) is 112 Å². The Kier molecular flexibility index (Phi) is 15.7. The summed E-state index contributed by atoms with van der Waals surface area (Å²) in [7, 11) is 0. The predicted molar refractivity (Wildman–Crippen MR) is 252 cm³/mol. The number of benzene rings is 2. The second-order valence-corrected chi connectivity index (χ2v) is 18.9. The molecule has 22 heteroatoms. The van der Waals surface area contributed by atoms with Gasteiger partial charge in [-0.25, -0.2) is 0 Å². The van der Waals surface area contributed by atoms with E-state index < -0.39 is 11.1 Å². The number of hydrogen-bond acceptors (Lipinski definition) is 14. The van der Waals surface area contributed by atoms with E-state index in [1.807, 2.05) is 60.3 Å². The lowest BCUT2D eigenvalue weighted by molar-refractivity contribution is -0.122. The fraction of sp³-hybridized carbons (Fsp3) is 0.364. The van der Waals surface area contributed by atoms with Crippen LogP contribution in [0.4, 0.5) is 22.7 Å². The highest BCUT2D eigenvalue weighted by Gasteiger charge is 2.45. The van der Waals surface area contributed by atoms with E-state index >= 15 is 0 Å². The zero-order valence-electron chi connectivity index (χ0n) is 35.8. The van der Waals surface area contributed by atoms with Crippen molar-refractivity contribution >= 4 is 104 Å². The second kappa shape index (κ2) is 21.6. The summed E-state index contributed by atoms with van der Waals surface area (Å²) < 4.78 is 22.7. The Morgan fingerprint density at radius 2 is 1.06 bits per heavy atom. The van der Waals surface area contributed by atoms with Crippen LogP contribution in [0, 0.1) is 36.8 Å². The van der Waals surface area contributed by atoms with Crippen molar-refractivity contribution in [3.8, 4) is 12.4 Å². The van der Waals surface area contributed by atoms with Crippen LogP contribution >= 0.6 is 45.9 Å². The Morgan fingerprint density at radius 3 is 1.39 bits per heavy atom. The summed E-state index contributed by atoms with van der Waals surface area (Å²) in [5.74, 6) is -0.335. The van der Waals surface area contributed by atoms with E-state index in [9.17, 15) is 19.2 Å². The van der Waals surface area contributed by atoms with Gasteiger partial charge in [-0.1, -0.05) is 23.2 Å². The minimum atomic E-state index is -1.17. The fourth-order valence-electron chi connectivity index (χ4n) is 7.68. The molecule has 2 aromatic carbocycles. The summed E-state index contributed by atoms with van der Waals surface area (Å²) in [6.07, 6.45) is 4.36. The maximum Gasteiger partial charge on any atom is 0.262 e. The molecule has 0 saturated carbocycles. The zero-order valence-corrected chi connectivity index (χ0v) is 38.9. The van der Waals surface area contributed by atoms with Crippen molar-refractivity contribution in [1.29, 1.82) is 10.5 Å². The molecule has 2 aromatic heterocycles. The van der Waals surface area contributed by atoms with Crippen molar-refractivity contribution in [1.82, 2.24) is 10.6 Å². The molecule has 0 spiro atoms. The maximum atomic E-state index is 13.2. The highest BCUT2D eigenvalue weighted by molar-refractivity contribution is 7.18. The van der Waals surface area contributed by atoms with Crippen LogP contribution in [0.15, 0.2) is 70.6 Å². The maximum absolute atomic E-state index is 13.2. The number of carbonyl (C=O) groups excluding carboxylic acids is 4. The van der Waals surface area contributed by atoms with Gasteiger partial charge in [0.2, 0.25) is 12.4 Å². The second-order valence-electron chi connectivity index (χ2n) is 15.5. The number of nitriles is 2. The minimum Gasteiger partial charge on any atom is -0.378 e. The van der Waals surface area contributed by atoms with E-state index in [0.29, 0.717) is 93.8 Å². The average molecular weight is 976 g/mol. The van der Waals surface area contributed by atoms with Gasteiger partial charge in [-0.3, -0.25) is 19.2 Å². The summed E-state index contributed by atoms with van der Waals surface area (Å²) in [4.78, 5) is 64.3. The Bertz CT molecular complexity index is 2450. The quantitative estimate of drug-likeness (QED) is 0.136. The Labute approximate surface area is 398 Å². The van der Waals surface area contributed by atoms with E-state index in [1.165, 1.54) is 0 Å². The molecule has 344 valence electrons. The van der Waals surface area contributed by atoms with Gasteiger partial charge in [0.05, 0.1) is 44.9 Å². The topological polar surface area (TPSA) is 232 Å². The largest absolute Gasteiger partial charge is 0.378 e. The molecule has 18 nitrogen and oxygen atoms in total. The molecule has 8 rings (SSSR count). The molecule has 0 radical (unpaired) electrons. The molecule has 0 aliphatic carbocycles. The zero-order chi connectivity index (χ0) is 46.8. The molecule has 4 aliphatic heterocycles. The lowest BCUT2D eigenvalue weighted by Gasteiger charge is -2.31. The van der Waals surface area contributed by atoms with E-state index in [1.54, 1.807) is 36.4 Å². The monoisotopic (exact) mass is 974 g/mol. The molecule has 2 atom stereocenters. The van der Waals surface area contributed by atoms with E-state index in [2.05, 4.69) is 31.3 Å². The van der Waals surface area contributed by atoms with Crippen LogP contribution in [0.3, 0.4) is 0 Å². The highest BCUT2D eigenvalue weighted by atomic mass is 35.5. The van der Waals surface area contributed by atoms with Crippen molar-refractivity contribution in [2.24, 2.45) is 9.98 Å². The number of anilines is 4. The first kappa shape index (κ1) is 48.0. The lowest BCUT2D eigenvalue weighted by Crippen LogP contribution is -2.57. The SMILES string of the molecule is Cc1cc(NC(=O)[C@@]2(NC(=O)c3ccc(Cl)s3)CCOC2)ccc1N1CCOCC1=NC#N.Cc1cc(NC(=O)[C@]2(NC(=O)c3ccc(Cl)s3)CCOC2)ccc1N1CCOCC1=NC#N. The van der Waals surface area contributed by atoms with Crippen molar-refractivity contribution in [2.45, 2.75) is 37.8 Å². The molecule has 0 bridgehead atoms. The minimum absolute atomic E-state index is 0.0858. The number of hydrogen-bond donors (Lipinski definition) is 4. The first-order valence-corrected chi connectivity index (χ1v) is 23.0. The Morgan fingerprint density at radius 1 is 0.636 bits per heavy atom. The van der Waals surface area contributed by atoms with Crippen LogP contribution in [0.25, 0.3) is 0 Å². The summed E-state index contributed by atoms with van der Waals surface area (Å²) >= 11 is 14.2. The number of rotatable bonds is 10. The summed E-state index contributed by atoms with van der Waals surface area (Å²) in [5, 5.41) is 29.4. The summed E-state index contributed by atoms with van der Waals surface area (Å²) in [6, 6.07) is 17.5. The number of halogens is 2. The third kappa shape index (κ3) is 11.2. The molecule has 4 aromatic rings. The molecule has 6 heterocycles. The predicted octanol–water partition coefficient (Wildman–Crippen LogP) is 5.91. The summed E-state index contributed by atoms with van der Waals surface area (Å²) in [6.45, 7) is 7.49. The fourth-order valence-corrected chi connectivity index (χ4v) is 9.55. The van der Waals surface area contributed by atoms with Crippen LogP contribution in [0.1, 0.15) is 43.3 Å². The van der Waals surface area contributed by atoms with Gasteiger partial charge < -0.3 is 50.0 Å². The van der Waals surface area contributed by atoms with Gasteiger partial charge in [0, 0.05) is 61.9 Å².